The number of hydrogen-bond donors (Lipinski definition) is 1. The lowest BCUT2D eigenvalue weighted by molar-refractivity contribution is 0.650. The first-order chi connectivity index (χ1) is 11.7. The maximum atomic E-state index is 6.22. The number of aromatic nitrogens is 2. The quantitative estimate of drug-likeness (QED) is 0.684. The highest BCUT2D eigenvalue weighted by Crippen LogP contribution is 2.32. The van der Waals surface area contributed by atoms with Crippen molar-refractivity contribution in [1.82, 2.24) is 9.55 Å². The SMILES string of the molecule is Clc1ccc(NN=C2c3ccccc3CC2n2ccnc2)c(Cl)c1. The number of benzene rings is 2. The second-order valence-electron chi connectivity index (χ2n) is 5.62. The zero-order chi connectivity index (χ0) is 16.5. The standard InChI is InChI=1S/C18H14Cl2N4/c19-13-5-6-16(15(20)10-13)22-23-18-14-4-2-1-3-12(14)9-17(18)24-8-7-21-11-24/h1-8,10-11,17,22H,9H2. The minimum Gasteiger partial charge on any atom is -0.328 e. The number of nitrogens with one attached hydrogen (secondary N) is 1. The molecule has 2 aromatic carbocycles. The van der Waals surface area contributed by atoms with Crippen molar-refractivity contribution in [2.24, 2.45) is 5.10 Å². The van der Waals surface area contributed by atoms with E-state index in [-0.39, 0.29) is 6.04 Å². The summed E-state index contributed by atoms with van der Waals surface area (Å²) in [6.07, 6.45) is 6.45. The Labute approximate surface area is 149 Å². The Morgan fingerprint density at radius 3 is 2.83 bits per heavy atom. The zero-order valence-corrected chi connectivity index (χ0v) is 14.2. The summed E-state index contributed by atoms with van der Waals surface area (Å²) in [4.78, 5) is 4.16. The Morgan fingerprint density at radius 1 is 1.17 bits per heavy atom. The Balaban J connectivity index is 1.72. The lowest BCUT2D eigenvalue weighted by atomic mass is 10.1. The molecule has 0 amide bonds. The lowest BCUT2D eigenvalue weighted by Crippen LogP contribution is -2.16. The summed E-state index contributed by atoms with van der Waals surface area (Å²) in [5.41, 5.74) is 7.19. The van der Waals surface area contributed by atoms with Gasteiger partial charge in [-0.1, -0.05) is 47.5 Å². The molecule has 1 unspecified atom stereocenters. The summed E-state index contributed by atoms with van der Waals surface area (Å²) in [7, 11) is 0. The van der Waals surface area contributed by atoms with Crippen LogP contribution in [-0.4, -0.2) is 15.3 Å². The topological polar surface area (TPSA) is 42.2 Å². The molecule has 6 heteroatoms. The van der Waals surface area contributed by atoms with Gasteiger partial charge in [0, 0.05) is 23.0 Å². The molecule has 0 saturated carbocycles. The van der Waals surface area contributed by atoms with E-state index in [4.69, 9.17) is 23.2 Å². The number of hydrogen-bond acceptors (Lipinski definition) is 3. The predicted molar refractivity (Wildman–Crippen MR) is 98.0 cm³/mol. The molecule has 4 rings (SSSR count). The van der Waals surface area contributed by atoms with Gasteiger partial charge in [-0.2, -0.15) is 5.10 Å². The first-order valence-electron chi connectivity index (χ1n) is 7.57. The summed E-state index contributed by atoms with van der Waals surface area (Å²) < 4.78 is 2.07. The molecular weight excluding hydrogens is 343 g/mol. The summed E-state index contributed by atoms with van der Waals surface area (Å²) in [5.74, 6) is 0. The Hall–Kier alpha value is -2.30. The number of hydrazone groups is 1. The van der Waals surface area contributed by atoms with Crippen LogP contribution in [-0.2, 0) is 6.42 Å². The van der Waals surface area contributed by atoms with Gasteiger partial charge in [-0.25, -0.2) is 4.98 Å². The molecule has 0 fully saturated rings. The predicted octanol–water partition coefficient (Wildman–Crippen LogP) is 4.80. The minimum absolute atomic E-state index is 0.114. The largest absolute Gasteiger partial charge is 0.328 e. The Kier molecular flexibility index (Phi) is 4.00. The van der Waals surface area contributed by atoms with Gasteiger partial charge in [-0.15, -0.1) is 0 Å². The molecular formula is C18H14Cl2N4. The Morgan fingerprint density at radius 2 is 2.04 bits per heavy atom. The molecule has 4 nitrogen and oxygen atoms in total. The van der Waals surface area contributed by atoms with Crippen molar-refractivity contribution in [3.63, 3.8) is 0 Å². The van der Waals surface area contributed by atoms with E-state index in [9.17, 15) is 0 Å². The van der Waals surface area contributed by atoms with Gasteiger partial charge in [0.05, 0.1) is 28.8 Å². The number of fused-ring (bicyclic) bond motifs is 1. The van der Waals surface area contributed by atoms with Gasteiger partial charge in [0.1, 0.15) is 0 Å². The van der Waals surface area contributed by atoms with Gasteiger partial charge >= 0.3 is 0 Å². The number of rotatable bonds is 3. The normalized spacial score (nSPS) is 17.9. The van der Waals surface area contributed by atoms with Crippen LogP contribution in [0.15, 0.2) is 66.3 Å². The number of imidazole rings is 1. The van der Waals surface area contributed by atoms with Gasteiger partial charge in [-0.3, -0.25) is 5.43 Å². The minimum atomic E-state index is 0.114. The van der Waals surface area contributed by atoms with Crippen LogP contribution in [0.3, 0.4) is 0 Å². The Bertz CT molecular complexity index is 903. The second kappa shape index (κ2) is 6.30. The number of nitrogens with zero attached hydrogens (tertiary/aromatic N) is 3. The van der Waals surface area contributed by atoms with Gasteiger partial charge in [0.25, 0.3) is 0 Å². The molecule has 0 saturated heterocycles. The highest BCUT2D eigenvalue weighted by molar-refractivity contribution is 6.36. The van der Waals surface area contributed by atoms with E-state index in [1.165, 1.54) is 5.56 Å². The molecule has 0 bridgehead atoms. The molecule has 0 radical (unpaired) electrons. The van der Waals surface area contributed by atoms with Crippen molar-refractivity contribution in [3.05, 3.63) is 82.4 Å². The van der Waals surface area contributed by atoms with Crippen molar-refractivity contribution >= 4 is 34.6 Å². The second-order valence-corrected chi connectivity index (χ2v) is 6.46. The zero-order valence-electron chi connectivity index (χ0n) is 12.7. The third-order valence-corrected chi connectivity index (χ3v) is 4.68. The first-order valence-corrected chi connectivity index (χ1v) is 8.32. The summed E-state index contributed by atoms with van der Waals surface area (Å²) in [5, 5.41) is 5.79. The smallest absolute Gasteiger partial charge is 0.0952 e. The van der Waals surface area contributed by atoms with E-state index in [1.807, 2.05) is 24.7 Å². The molecule has 3 aromatic rings. The highest BCUT2D eigenvalue weighted by atomic mass is 35.5. The van der Waals surface area contributed by atoms with Crippen LogP contribution in [0.1, 0.15) is 17.2 Å². The van der Waals surface area contributed by atoms with Crippen molar-refractivity contribution in [2.75, 3.05) is 5.43 Å². The van der Waals surface area contributed by atoms with Crippen LogP contribution in [0.4, 0.5) is 5.69 Å². The highest BCUT2D eigenvalue weighted by Gasteiger charge is 2.29. The summed E-state index contributed by atoms with van der Waals surface area (Å²) >= 11 is 12.2. The fraction of sp³-hybridized carbons (Fsp3) is 0.111. The van der Waals surface area contributed by atoms with Crippen LogP contribution in [0.2, 0.25) is 10.0 Å². The van der Waals surface area contributed by atoms with Gasteiger partial charge in [0.2, 0.25) is 0 Å². The molecule has 0 aliphatic heterocycles. The molecule has 1 atom stereocenters. The average Bonchev–Trinajstić information content (AvgIpc) is 3.21. The van der Waals surface area contributed by atoms with Crippen LogP contribution in [0.5, 0.6) is 0 Å². The van der Waals surface area contributed by atoms with E-state index < -0.39 is 0 Å². The third-order valence-electron chi connectivity index (χ3n) is 4.13. The van der Waals surface area contributed by atoms with Gasteiger partial charge in [0.15, 0.2) is 0 Å². The van der Waals surface area contributed by atoms with Crippen molar-refractivity contribution < 1.29 is 0 Å². The average molecular weight is 357 g/mol. The van der Waals surface area contributed by atoms with Crippen molar-refractivity contribution in [3.8, 4) is 0 Å². The lowest BCUT2D eigenvalue weighted by Gasteiger charge is -2.14. The summed E-state index contributed by atoms with van der Waals surface area (Å²) in [6, 6.07) is 13.7. The van der Waals surface area contributed by atoms with Crippen LogP contribution in [0, 0.1) is 0 Å². The van der Waals surface area contributed by atoms with E-state index in [0.29, 0.717) is 10.0 Å². The molecule has 1 aliphatic carbocycles. The van der Waals surface area contributed by atoms with Crippen LogP contribution < -0.4 is 5.43 Å². The van der Waals surface area contributed by atoms with E-state index in [0.717, 1.165) is 23.4 Å². The van der Waals surface area contributed by atoms with Gasteiger partial charge < -0.3 is 4.57 Å². The summed E-state index contributed by atoms with van der Waals surface area (Å²) in [6.45, 7) is 0. The molecule has 1 N–H and O–H groups in total. The number of halogens is 2. The molecule has 1 aliphatic rings. The van der Waals surface area contributed by atoms with E-state index >= 15 is 0 Å². The van der Waals surface area contributed by atoms with E-state index in [2.05, 4.69) is 38.3 Å². The van der Waals surface area contributed by atoms with Crippen LogP contribution in [0.25, 0.3) is 0 Å². The molecule has 1 heterocycles. The number of anilines is 1. The maximum absolute atomic E-state index is 6.22. The van der Waals surface area contributed by atoms with Crippen molar-refractivity contribution in [1.29, 1.82) is 0 Å². The molecule has 1 aromatic heterocycles. The van der Waals surface area contributed by atoms with Crippen molar-refractivity contribution in [2.45, 2.75) is 12.5 Å². The van der Waals surface area contributed by atoms with E-state index in [1.54, 1.807) is 18.3 Å². The molecule has 0 spiro atoms. The molecule has 120 valence electrons. The van der Waals surface area contributed by atoms with Gasteiger partial charge in [-0.05, 0) is 30.2 Å². The molecule has 24 heavy (non-hydrogen) atoms. The fourth-order valence-corrected chi connectivity index (χ4v) is 3.42. The monoisotopic (exact) mass is 356 g/mol. The van der Waals surface area contributed by atoms with Crippen LogP contribution >= 0.6 is 23.2 Å². The maximum Gasteiger partial charge on any atom is 0.0952 e. The first kappa shape index (κ1) is 15.2. The fourth-order valence-electron chi connectivity index (χ4n) is 2.97. The third kappa shape index (κ3) is 2.79.